The van der Waals surface area contributed by atoms with Crippen LogP contribution in [0.2, 0.25) is 5.02 Å². The van der Waals surface area contributed by atoms with Gasteiger partial charge in [-0.25, -0.2) is 4.79 Å². The molecule has 138 valence electrons. The number of benzene rings is 2. The zero-order valence-corrected chi connectivity index (χ0v) is 15.4. The highest BCUT2D eigenvalue weighted by Crippen LogP contribution is 2.28. The molecule has 0 fully saturated rings. The Morgan fingerprint density at radius 2 is 1.85 bits per heavy atom. The van der Waals surface area contributed by atoms with Crippen molar-refractivity contribution < 1.29 is 14.7 Å². The molecule has 0 bridgehead atoms. The number of nitrogens with one attached hydrogen (secondary N) is 2. The van der Waals surface area contributed by atoms with Crippen LogP contribution in [0.3, 0.4) is 0 Å². The van der Waals surface area contributed by atoms with Crippen LogP contribution < -0.4 is 16.4 Å². The number of carboxylic acid groups (broad SMARTS) is 1. The smallest absolute Gasteiger partial charge is 0.326 e. The van der Waals surface area contributed by atoms with Gasteiger partial charge in [0.05, 0.1) is 22.1 Å². The molecule has 0 radical (unpaired) electrons. The highest BCUT2D eigenvalue weighted by atomic mass is 35.5. The van der Waals surface area contributed by atoms with Crippen LogP contribution >= 0.6 is 11.6 Å². The first-order valence-electron chi connectivity index (χ1n) is 8.22. The molecule has 1 unspecified atom stereocenters. The van der Waals surface area contributed by atoms with Crippen molar-refractivity contribution in [3.05, 3.63) is 53.1 Å². The molecule has 0 aliphatic rings. The Labute approximate surface area is 157 Å². The van der Waals surface area contributed by atoms with E-state index in [1.54, 1.807) is 18.2 Å². The number of hydrogen-bond donors (Lipinski definition) is 4. The Morgan fingerprint density at radius 3 is 2.42 bits per heavy atom. The lowest BCUT2D eigenvalue weighted by atomic mass is 10.0. The van der Waals surface area contributed by atoms with E-state index in [1.807, 2.05) is 32.0 Å². The minimum Gasteiger partial charge on any atom is -0.480 e. The summed E-state index contributed by atoms with van der Waals surface area (Å²) in [6.07, 6.45) is 0.350. The number of hydrogen-bond acceptors (Lipinski definition) is 4. The van der Waals surface area contributed by atoms with Gasteiger partial charge in [-0.15, -0.1) is 0 Å². The second-order valence-corrected chi connectivity index (χ2v) is 6.81. The van der Waals surface area contributed by atoms with Gasteiger partial charge in [-0.2, -0.15) is 0 Å². The fraction of sp³-hybridized carbons (Fsp3) is 0.263. The quantitative estimate of drug-likeness (QED) is 0.549. The van der Waals surface area contributed by atoms with Crippen molar-refractivity contribution in [1.82, 2.24) is 5.32 Å². The number of aliphatic carboxylic acids is 1. The summed E-state index contributed by atoms with van der Waals surface area (Å²) in [5, 5.41) is 15.4. The second kappa shape index (κ2) is 8.58. The van der Waals surface area contributed by atoms with Crippen molar-refractivity contribution in [3.8, 4) is 0 Å². The van der Waals surface area contributed by atoms with Gasteiger partial charge in [-0.3, -0.25) is 4.79 Å². The monoisotopic (exact) mass is 375 g/mol. The number of carboxylic acids is 1. The van der Waals surface area contributed by atoms with Gasteiger partial charge in [-0.1, -0.05) is 37.6 Å². The first kappa shape index (κ1) is 19.6. The summed E-state index contributed by atoms with van der Waals surface area (Å²) in [6.45, 7) is 3.80. The summed E-state index contributed by atoms with van der Waals surface area (Å²) < 4.78 is 0. The molecule has 1 atom stereocenters. The van der Waals surface area contributed by atoms with E-state index in [9.17, 15) is 14.7 Å². The fourth-order valence-electron chi connectivity index (χ4n) is 2.46. The number of rotatable bonds is 7. The van der Waals surface area contributed by atoms with E-state index in [1.165, 1.54) is 6.07 Å². The minimum absolute atomic E-state index is 0.142. The summed E-state index contributed by atoms with van der Waals surface area (Å²) >= 11 is 6.11. The van der Waals surface area contributed by atoms with Crippen LogP contribution in [0.25, 0.3) is 0 Å². The molecule has 6 nitrogen and oxygen atoms in total. The first-order chi connectivity index (χ1) is 12.3. The molecule has 7 heteroatoms. The molecule has 5 N–H and O–H groups in total. The van der Waals surface area contributed by atoms with Crippen LogP contribution in [0.5, 0.6) is 0 Å². The maximum Gasteiger partial charge on any atom is 0.326 e. The Kier molecular flexibility index (Phi) is 6.46. The molecule has 2 aromatic carbocycles. The van der Waals surface area contributed by atoms with Crippen LogP contribution in [0.4, 0.5) is 17.1 Å². The van der Waals surface area contributed by atoms with E-state index in [2.05, 4.69) is 10.6 Å². The van der Waals surface area contributed by atoms with E-state index in [4.69, 9.17) is 17.3 Å². The number of anilines is 3. The number of amides is 1. The third-order valence-electron chi connectivity index (χ3n) is 3.77. The Bertz CT molecular complexity index is 808. The predicted octanol–water partition coefficient (Wildman–Crippen LogP) is 3.89. The number of carbonyl (C=O) groups is 2. The Balaban J connectivity index is 2.14. The lowest BCUT2D eigenvalue weighted by Crippen LogP contribution is -2.41. The summed E-state index contributed by atoms with van der Waals surface area (Å²) in [7, 11) is 0. The number of carbonyl (C=O) groups excluding carboxylic acids is 1. The highest BCUT2D eigenvalue weighted by Gasteiger charge is 2.22. The molecule has 0 heterocycles. The zero-order chi connectivity index (χ0) is 19.3. The third-order valence-corrected chi connectivity index (χ3v) is 4.10. The summed E-state index contributed by atoms with van der Waals surface area (Å²) in [6, 6.07) is 11.0. The Hall–Kier alpha value is -2.73. The Morgan fingerprint density at radius 1 is 1.15 bits per heavy atom. The second-order valence-electron chi connectivity index (χ2n) is 6.40. The third kappa shape index (κ3) is 5.13. The SMILES string of the molecule is CC(C)CC(NC(=O)c1ccc(Nc2ccccc2Cl)c(N)c1)C(=O)O. The zero-order valence-electron chi connectivity index (χ0n) is 14.6. The average Bonchev–Trinajstić information content (AvgIpc) is 2.57. The molecule has 0 aromatic heterocycles. The van der Waals surface area contributed by atoms with Crippen molar-refractivity contribution in [2.75, 3.05) is 11.1 Å². The fourth-order valence-corrected chi connectivity index (χ4v) is 2.64. The van der Waals surface area contributed by atoms with Crippen LogP contribution in [0.15, 0.2) is 42.5 Å². The first-order valence-corrected chi connectivity index (χ1v) is 8.60. The van der Waals surface area contributed by atoms with Crippen molar-refractivity contribution in [1.29, 1.82) is 0 Å². The van der Waals surface area contributed by atoms with Crippen molar-refractivity contribution in [3.63, 3.8) is 0 Å². The van der Waals surface area contributed by atoms with Gasteiger partial charge in [0, 0.05) is 5.56 Å². The average molecular weight is 376 g/mol. The van der Waals surface area contributed by atoms with Gasteiger partial charge in [-0.05, 0) is 42.7 Å². The van der Waals surface area contributed by atoms with Gasteiger partial charge >= 0.3 is 5.97 Å². The summed E-state index contributed by atoms with van der Waals surface area (Å²) in [5.74, 6) is -1.39. The van der Waals surface area contributed by atoms with E-state index in [0.717, 1.165) is 0 Å². The largest absolute Gasteiger partial charge is 0.480 e. The number of nitrogen functional groups attached to an aromatic ring is 1. The van der Waals surface area contributed by atoms with Crippen molar-refractivity contribution in [2.45, 2.75) is 26.3 Å². The highest BCUT2D eigenvalue weighted by molar-refractivity contribution is 6.33. The lowest BCUT2D eigenvalue weighted by Gasteiger charge is -2.17. The van der Waals surface area contributed by atoms with Gasteiger partial charge in [0.15, 0.2) is 0 Å². The molecule has 1 amide bonds. The van der Waals surface area contributed by atoms with E-state index < -0.39 is 17.9 Å². The van der Waals surface area contributed by atoms with E-state index in [0.29, 0.717) is 34.1 Å². The van der Waals surface area contributed by atoms with Crippen LogP contribution in [-0.2, 0) is 4.79 Å². The van der Waals surface area contributed by atoms with Crippen molar-refractivity contribution >= 4 is 40.5 Å². The summed E-state index contributed by atoms with van der Waals surface area (Å²) in [5.41, 5.74) is 7.97. The molecule has 0 spiro atoms. The number of nitrogens with two attached hydrogens (primary N) is 1. The van der Waals surface area contributed by atoms with Crippen molar-refractivity contribution in [2.24, 2.45) is 5.92 Å². The molecule has 26 heavy (non-hydrogen) atoms. The number of halogens is 1. The lowest BCUT2D eigenvalue weighted by molar-refractivity contribution is -0.139. The molecular weight excluding hydrogens is 354 g/mol. The van der Waals surface area contributed by atoms with Gasteiger partial charge in [0.2, 0.25) is 0 Å². The standard InChI is InChI=1S/C19H22ClN3O3/c1-11(2)9-17(19(25)26)23-18(24)12-7-8-16(14(21)10-12)22-15-6-4-3-5-13(15)20/h3-8,10-11,17,22H,9,21H2,1-2H3,(H,23,24)(H,25,26). The van der Waals surface area contributed by atoms with Crippen LogP contribution in [-0.4, -0.2) is 23.0 Å². The van der Waals surface area contributed by atoms with E-state index >= 15 is 0 Å². The maximum absolute atomic E-state index is 12.3. The number of para-hydroxylation sites is 1. The van der Waals surface area contributed by atoms with Gasteiger partial charge in [0.1, 0.15) is 6.04 Å². The molecule has 0 aliphatic carbocycles. The minimum atomic E-state index is -1.06. The summed E-state index contributed by atoms with van der Waals surface area (Å²) in [4.78, 5) is 23.6. The van der Waals surface area contributed by atoms with Gasteiger partial charge in [0.25, 0.3) is 5.91 Å². The molecule has 0 saturated heterocycles. The molecule has 2 aromatic rings. The maximum atomic E-state index is 12.3. The normalized spacial score (nSPS) is 11.8. The van der Waals surface area contributed by atoms with Crippen LogP contribution in [0.1, 0.15) is 30.6 Å². The van der Waals surface area contributed by atoms with Crippen LogP contribution in [0, 0.1) is 5.92 Å². The molecule has 0 saturated carbocycles. The molecule has 2 rings (SSSR count). The van der Waals surface area contributed by atoms with Gasteiger partial charge < -0.3 is 21.5 Å². The molecular formula is C19H22ClN3O3. The topological polar surface area (TPSA) is 104 Å². The molecule has 0 aliphatic heterocycles. The van der Waals surface area contributed by atoms with E-state index in [-0.39, 0.29) is 5.92 Å². The predicted molar refractivity (Wildman–Crippen MR) is 104 cm³/mol.